The average molecular weight is 383 g/mol. The summed E-state index contributed by atoms with van der Waals surface area (Å²) in [5.74, 6) is 2.10. The van der Waals surface area contributed by atoms with Crippen LogP contribution < -0.4 is 5.32 Å². The van der Waals surface area contributed by atoms with Gasteiger partial charge >= 0.3 is 0 Å². The minimum Gasteiger partial charge on any atom is -0.352 e. The molecule has 1 aromatic carbocycles. The maximum atomic E-state index is 12.4. The molecule has 2 aliphatic carbocycles. The van der Waals surface area contributed by atoms with Crippen molar-refractivity contribution >= 4 is 11.8 Å². The van der Waals surface area contributed by atoms with E-state index >= 15 is 0 Å². The first-order chi connectivity index (χ1) is 13.7. The number of carbonyl (C=O) groups is 2. The predicted octanol–water partition coefficient (Wildman–Crippen LogP) is 4.19. The summed E-state index contributed by atoms with van der Waals surface area (Å²) >= 11 is 0. The number of piperidine rings is 1. The smallest absolute Gasteiger partial charge is 0.251 e. The molecule has 0 atom stereocenters. The van der Waals surface area contributed by atoms with Gasteiger partial charge in [0.2, 0.25) is 5.91 Å². The number of nitrogens with one attached hydrogen (secondary N) is 1. The Kier molecular flexibility index (Phi) is 6.33. The fourth-order valence-corrected chi connectivity index (χ4v) is 4.80. The predicted molar refractivity (Wildman–Crippen MR) is 111 cm³/mol. The summed E-state index contributed by atoms with van der Waals surface area (Å²) in [6.45, 7) is 2.65. The van der Waals surface area contributed by atoms with Gasteiger partial charge in [-0.25, -0.2) is 0 Å². The largest absolute Gasteiger partial charge is 0.352 e. The number of rotatable bonds is 6. The molecule has 1 heterocycles. The fourth-order valence-electron chi connectivity index (χ4n) is 4.80. The van der Waals surface area contributed by atoms with Crippen LogP contribution in [0.15, 0.2) is 24.3 Å². The number of likely N-dealkylation sites (tertiary alicyclic amines) is 1. The maximum absolute atomic E-state index is 12.4. The lowest BCUT2D eigenvalue weighted by atomic mass is 9.89. The normalized spacial score (nSPS) is 21.5. The molecule has 4 rings (SSSR count). The van der Waals surface area contributed by atoms with Gasteiger partial charge in [-0.1, -0.05) is 31.4 Å². The third kappa shape index (κ3) is 5.15. The Hall–Kier alpha value is -1.84. The van der Waals surface area contributed by atoms with Crippen molar-refractivity contribution in [2.75, 3.05) is 19.6 Å². The van der Waals surface area contributed by atoms with E-state index < -0.39 is 0 Å². The zero-order valence-electron chi connectivity index (χ0n) is 17.0. The van der Waals surface area contributed by atoms with E-state index in [0.717, 1.165) is 57.3 Å². The van der Waals surface area contributed by atoms with Crippen molar-refractivity contribution in [1.29, 1.82) is 0 Å². The lowest BCUT2D eigenvalue weighted by molar-refractivity contribution is -0.133. The number of nitrogens with zero attached hydrogens (tertiary/aromatic N) is 1. The van der Waals surface area contributed by atoms with Gasteiger partial charge in [0.25, 0.3) is 5.91 Å². The Morgan fingerprint density at radius 2 is 1.54 bits per heavy atom. The van der Waals surface area contributed by atoms with Gasteiger partial charge in [-0.15, -0.1) is 0 Å². The zero-order valence-corrected chi connectivity index (χ0v) is 17.0. The monoisotopic (exact) mass is 382 g/mol. The van der Waals surface area contributed by atoms with Crippen LogP contribution in [0.25, 0.3) is 0 Å². The molecule has 2 saturated carbocycles. The average Bonchev–Trinajstić information content (AvgIpc) is 3.59. The van der Waals surface area contributed by atoms with Gasteiger partial charge in [-0.3, -0.25) is 9.59 Å². The molecule has 0 aromatic heterocycles. The van der Waals surface area contributed by atoms with Crippen LogP contribution >= 0.6 is 0 Å². The van der Waals surface area contributed by atoms with E-state index in [1.54, 1.807) is 0 Å². The first-order valence-corrected chi connectivity index (χ1v) is 11.3. The number of benzene rings is 1. The van der Waals surface area contributed by atoms with Crippen LogP contribution in [0.3, 0.4) is 0 Å². The topological polar surface area (TPSA) is 49.4 Å². The molecule has 2 amide bonds. The van der Waals surface area contributed by atoms with Gasteiger partial charge < -0.3 is 10.2 Å². The number of hydrogen-bond donors (Lipinski definition) is 1. The van der Waals surface area contributed by atoms with Crippen LogP contribution in [-0.2, 0) is 11.2 Å². The summed E-state index contributed by atoms with van der Waals surface area (Å²) < 4.78 is 0. The molecule has 3 fully saturated rings. The van der Waals surface area contributed by atoms with Crippen molar-refractivity contribution in [3.05, 3.63) is 35.4 Å². The van der Waals surface area contributed by atoms with E-state index in [0.29, 0.717) is 23.7 Å². The molecule has 1 N–H and O–H groups in total. The number of amides is 2. The second kappa shape index (κ2) is 9.11. The third-order valence-electron chi connectivity index (χ3n) is 6.87. The van der Waals surface area contributed by atoms with Crippen LogP contribution in [0.4, 0.5) is 0 Å². The van der Waals surface area contributed by atoms with E-state index in [9.17, 15) is 9.59 Å². The molecule has 0 unspecified atom stereocenters. The number of carbonyl (C=O) groups excluding carboxylic acids is 2. The molecule has 1 saturated heterocycles. The molecule has 0 radical (unpaired) electrons. The highest BCUT2D eigenvalue weighted by molar-refractivity contribution is 5.94. The molecule has 152 valence electrons. The lowest BCUT2D eigenvalue weighted by Crippen LogP contribution is -2.39. The van der Waals surface area contributed by atoms with Crippen molar-refractivity contribution in [3.8, 4) is 0 Å². The van der Waals surface area contributed by atoms with Gasteiger partial charge in [-0.2, -0.15) is 0 Å². The molecule has 0 bridgehead atoms. The summed E-state index contributed by atoms with van der Waals surface area (Å²) in [5.41, 5.74) is 2.07. The summed E-state index contributed by atoms with van der Waals surface area (Å²) in [4.78, 5) is 26.6. The maximum Gasteiger partial charge on any atom is 0.251 e. The Morgan fingerprint density at radius 1 is 0.857 bits per heavy atom. The van der Waals surface area contributed by atoms with Crippen LogP contribution in [0.2, 0.25) is 0 Å². The highest BCUT2D eigenvalue weighted by Gasteiger charge is 2.34. The summed E-state index contributed by atoms with van der Waals surface area (Å²) in [6, 6.07) is 8.16. The molecule has 0 spiro atoms. The summed E-state index contributed by atoms with van der Waals surface area (Å²) in [7, 11) is 0. The quantitative estimate of drug-likeness (QED) is 0.802. The minimum absolute atomic E-state index is 0.0593. The minimum atomic E-state index is 0.0593. The van der Waals surface area contributed by atoms with Crippen molar-refractivity contribution in [2.24, 2.45) is 17.8 Å². The third-order valence-corrected chi connectivity index (χ3v) is 6.87. The lowest BCUT2D eigenvalue weighted by Gasteiger charge is -2.32. The van der Waals surface area contributed by atoms with Crippen molar-refractivity contribution in [2.45, 2.75) is 64.2 Å². The van der Waals surface area contributed by atoms with Crippen molar-refractivity contribution < 1.29 is 9.59 Å². The van der Waals surface area contributed by atoms with Gasteiger partial charge in [0.15, 0.2) is 0 Å². The zero-order chi connectivity index (χ0) is 19.3. The standard InChI is InChI=1S/C24H34N2O2/c27-23(25-17-20-4-2-1-3-5-20)21-8-6-18(7-9-21)16-19-12-14-26(15-13-19)24(28)22-10-11-22/h6-9,19-20,22H,1-5,10-17H2,(H,25,27). The van der Waals surface area contributed by atoms with E-state index in [1.807, 2.05) is 12.1 Å². The second-order valence-electron chi connectivity index (χ2n) is 9.16. The Balaban J connectivity index is 1.21. The van der Waals surface area contributed by atoms with Crippen LogP contribution in [0, 0.1) is 17.8 Å². The van der Waals surface area contributed by atoms with Gasteiger partial charge in [0.05, 0.1) is 0 Å². The van der Waals surface area contributed by atoms with Crippen LogP contribution in [0.1, 0.15) is 73.7 Å². The molecule has 4 nitrogen and oxygen atoms in total. The first kappa shape index (κ1) is 19.5. The van der Waals surface area contributed by atoms with E-state index in [-0.39, 0.29) is 5.91 Å². The van der Waals surface area contributed by atoms with Crippen LogP contribution in [-0.4, -0.2) is 36.3 Å². The molecular formula is C24H34N2O2. The van der Waals surface area contributed by atoms with Crippen molar-refractivity contribution in [3.63, 3.8) is 0 Å². The van der Waals surface area contributed by atoms with Crippen molar-refractivity contribution in [1.82, 2.24) is 10.2 Å². The Morgan fingerprint density at radius 3 is 2.18 bits per heavy atom. The highest BCUT2D eigenvalue weighted by atomic mass is 16.2. The molecular weight excluding hydrogens is 348 g/mol. The van der Waals surface area contributed by atoms with E-state index in [1.165, 1.54) is 37.7 Å². The Bertz CT molecular complexity index is 666. The summed E-state index contributed by atoms with van der Waals surface area (Å²) in [5, 5.41) is 3.12. The molecule has 4 heteroatoms. The fraction of sp³-hybridized carbons (Fsp3) is 0.667. The SMILES string of the molecule is O=C(NCC1CCCCC1)c1ccc(CC2CCN(C(=O)C3CC3)CC2)cc1. The van der Waals surface area contributed by atoms with Gasteiger partial charge in [0.1, 0.15) is 0 Å². The Labute approximate surface area is 169 Å². The second-order valence-corrected chi connectivity index (χ2v) is 9.16. The van der Waals surface area contributed by atoms with Gasteiger partial charge in [0, 0.05) is 31.1 Å². The van der Waals surface area contributed by atoms with Crippen LogP contribution in [0.5, 0.6) is 0 Å². The highest BCUT2D eigenvalue weighted by Crippen LogP contribution is 2.33. The summed E-state index contributed by atoms with van der Waals surface area (Å²) in [6.07, 6.45) is 11.9. The first-order valence-electron chi connectivity index (χ1n) is 11.3. The molecule has 1 aliphatic heterocycles. The number of hydrogen-bond acceptors (Lipinski definition) is 2. The van der Waals surface area contributed by atoms with Gasteiger partial charge in [-0.05, 0) is 74.5 Å². The molecule has 28 heavy (non-hydrogen) atoms. The molecule has 1 aromatic rings. The molecule has 3 aliphatic rings. The van der Waals surface area contributed by atoms with E-state index in [2.05, 4.69) is 22.3 Å². The van der Waals surface area contributed by atoms with E-state index in [4.69, 9.17) is 0 Å².